The van der Waals surface area contributed by atoms with E-state index in [1.54, 1.807) is 0 Å². The van der Waals surface area contributed by atoms with Gasteiger partial charge in [0.15, 0.2) is 5.84 Å². The van der Waals surface area contributed by atoms with E-state index in [1.165, 1.54) is 0 Å². The first-order valence-electron chi connectivity index (χ1n) is 12.4. The smallest absolute Gasteiger partial charge is 0.159 e. The third-order valence-electron chi connectivity index (χ3n) is 6.56. The van der Waals surface area contributed by atoms with Crippen LogP contribution in [-0.2, 0) is 0 Å². The summed E-state index contributed by atoms with van der Waals surface area (Å²) in [5, 5.41) is 9.52. The number of allylic oxidation sites excluding steroid dienone is 2. The molecule has 0 aliphatic carbocycles. The maximum absolute atomic E-state index is 7.43. The average Bonchev–Trinajstić information content (AvgIpc) is 2.96. The van der Waals surface area contributed by atoms with Gasteiger partial charge in [-0.2, -0.15) is 5.11 Å². The van der Waals surface area contributed by atoms with Gasteiger partial charge in [0.2, 0.25) is 0 Å². The molecule has 0 saturated heterocycles. The molecule has 4 aromatic rings. The SMILES string of the molecule is C=C/C=C(/c1cccc2cccc(C3N=C(c4ccccc4)N=C(c4ccccc4)N3)c12)C(C)CN=N. The van der Waals surface area contributed by atoms with Crippen LogP contribution in [-0.4, -0.2) is 18.2 Å². The quantitative estimate of drug-likeness (QED) is 0.197. The lowest BCUT2D eigenvalue weighted by molar-refractivity contribution is 0.679. The number of fused-ring (bicyclic) bond motifs is 1. The van der Waals surface area contributed by atoms with Crippen molar-refractivity contribution >= 4 is 28.0 Å². The lowest BCUT2D eigenvalue weighted by Gasteiger charge is -2.26. The van der Waals surface area contributed by atoms with Crippen LogP contribution >= 0.6 is 0 Å². The molecular weight excluding hydrogens is 454 g/mol. The van der Waals surface area contributed by atoms with Crippen LogP contribution in [0, 0.1) is 11.4 Å². The summed E-state index contributed by atoms with van der Waals surface area (Å²) in [5.41, 5.74) is 12.7. The van der Waals surface area contributed by atoms with Gasteiger partial charge >= 0.3 is 0 Å². The van der Waals surface area contributed by atoms with Gasteiger partial charge in [0, 0.05) is 22.6 Å². The highest BCUT2D eigenvalue weighted by atomic mass is 15.2. The van der Waals surface area contributed by atoms with Crippen LogP contribution in [0.5, 0.6) is 0 Å². The third-order valence-corrected chi connectivity index (χ3v) is 6.56. The predicted octanol–water partition coefficient (Wildman–Crippen LogP) is 7.57. The van der Waals surface area contributed by atoms with Crippen molar-refractivity contribution in [1.82, 2.24) is 5.32 Å². The van der Waals surface area contributed by atoms with E-state index in [9.17, 15) is 0 Å². The molecule has 37 heavy (non-hydrogen) atoms. The zero-order valence-electron chi connectivity index (χ0n) is 20.8. The van der Waals surface area contributed by atoms with Gasteiger partial charge in [-0.05, 0) is 21.9 Å². The highest BCUT2D eigenvalue weighted by Gasteiger charge is 2.24. The molecule has 5 nitrogen and oxygen atoms in total. The van der Waals surface area contributed by atoms with Crippen molar-refractivity contribution in [3.8, 4) is 0 Å². The average molecular weight is 484 g/mol. The van der Waals surface area contributed by atoms with Crippen LogP contribution in [0.2, 0.25) is 0 Å². The molecule has 1 aliphatic heterocycles. The number of aliphatic imine (C=N–C) groups is 2. The van der Waals surface area contributed by atoms with Gasteiger partial charge in [-0.1, -0.05) is 123 Å². The van der Waals surface area contributed by atoms with E-state index in [-0.39, 0.29) is 12.1 Å². The lowest BCUT2D eigenvalue weighted by Crippen LogP contribution is -2.33. The fourth-order valence-electron chi connectivity index (χ4n) is 4.79. The zero-order chi connectivity index (χ0) is 25.6. The van der Waals surface area contributed by atoms with Gasteiger partial charge in [0.1, 0.15) is 12.0 Å². The van der Waals surface area contributed by atoms with Gasteiger partial charge < -0.3 is 5.32 Å². The van der Waals surface area contributed by atoms with E-state index in [1.807, 2.05) is 60.7 Å². The van der Waals surface area contributed by atoms with E-state index in [4.69, 9.17) is 15.5 Å². The first-order chi connectivity index (χ1) is 18.2. The maximum atomic E-state index is 7.43. The third kappa shape index (κ3) is 5.02. The van der Waals surface area contributed by atoms with Crippen molar-refractivity contribution in [2.45, 2.75) is 13.1 Å². The van der Waals surface area contributed by atoms with Crippen molar-refractivity contribution < 1.29 is 0 Å². The normalized spacial score (nSPS) is 16.4. The van der Waals surface area contributed by atoms with E-state index < -0.39 is 0 Å². The highest BCUT2D eigenvalue weighted by Crippen LogP contribution is 2.36. The van der Waals surface area contributed by atoms with Crippen molar-refractivity contribution in [2.75, 3.05) is 6.54 Å². The zero-order valence-corrected chi connectivity index (χ0v) is 20.8. The Morgan fingerprint density at radius 1 is 0.946 bits per heavy atom. The van der Waals surface area contributed by atoms with Gasteiger partial charge in [0.25, 0.3) is 0 Å². The van der Waals surface area contributed by atoms with Crippen molar-refractivity contribution in [1.29, 1.82) is 5.53 Å². The molecule has 0 amide bonds. The Morgan fingerprint density at radius 2 is 1.62 bits per heavy atom. The molecular formula is C32H29N5. The molecule has 1 heterocycles. The van der Waals surface area contributed by atoms with Crippen LogP contribution in [0.1, 0.15) is 35.3 Å². The number of amidine groups is 2. The minimum absolute atomic E-state index is 0.0679. The van der Waals surface area contributed by atoms with Crippen LogP contribution in [0.15, 0.2) is 131 Å². The van der Waals surface area contributed by atoms with Gasteiger partial charge in [-0.3, -0.25) is 0 Å². The molecule has 2 atom stereocenters. The maximum Gasteiger partial charge on any atom is 0.159 e. The molecule has 0 saturated carbocycles. The second-order valence-corrected chi connectivity index (χ2v) is 9.04. The number of nitrogens with zero attached hydrogens (tertiary/aromatic N) is 3. The highest BCUT2D eigenvalue weighted by molar-refractivity contribution is 6.13. The van der Waals surface area contributed by atoms with Gasteiger partial charge in [-0.25, -0.2) is 15.5 Å². The predicted molar refractivity (Wildman–Crippen MR) is 153 cm³/mol. The van der Waals surface area contributed by atoms with E-state index in [0.29, 0.717) is 12.4 Å². The largest absolute Gasteiger partial charge is 0.344 e. The van der Waals surface area contributed by atoms with Crippen LogP contribution in [0.4, 0.5) is 0 Å². The van der Waals surface area contributed by atoms with Crippen molar-refractivity contribution in [2.24, 2.45) is 21.0 Å². The number of hydrogen-bond donors (Lipinski definition) is 2. The van der Waals surface area contributed by atoms with Crippen LogP contribution < -0.4 is 5.32 Å². The number of hydrogen-bond acceptors (Lipinski definition) is 5. The summed E-state index contributed by atoms with van der Waals surface area (Å²) < 4.78 is 0. The molecule has 2 unspecified atom stereocenters. The Labute approximate surface area is 217 Å². The Morgan fingerprint density at radius 3 is 2.30 bits per heavy atom. The minimum Gasteiger partial charge on any atom is -0.344 e. The molecule has 0 bridgehead atoms. The van der Waals surface area contributed by atoms with E-state index >= 15 is 0 Å². The standard InChI is InChI=1S/C32H29N5/c1-3-12-26(22(2)21-34-33)27-19-10-17-23-18-11-20-28(29(23)27)32-36-30(24-13-6-4-7-14-24)35-31(37-32)25-15-8-5-9-16-25/h3-20,22,32-33H,1,21H2,2H3,(H,35,36,37)/b26-12+,34-33?. The van der Waals surface area contributed by atoms with Gasteiger partial charge in [-0.15, -0.1) is 0 Å². The molecule has 5 heteroatoms. The topological polar surface area (TPSA) is 73.0 Å². The van der Waals surface area contributed by atoms with Crippen LogP contribution in [0.3, 0.4) is 0 Å². The summed E-state index contributed by atoms with van der Waals surface area (Å²) in [6.45, 7) is 6.46. The Balaban J connectivity index is 1.70. The molecule has 0 fully saturated rings. The molecule has 0 radical (unpaired) electrons. The first kappa shape index (κ1) is 24.1. The van der Waals surface area contributed by atoms with Crippen molar-refractivity contribution in [3.05, 3.63) is 138 Å². The summed E-state index contributed by atoms with van der Waals surface area (Å²) in [6, 6.07) is 32.9. The minimum atomic E-state index is -0.339. The van der Waals surface area contributed by atoms with Crippen molar-refractivity contribution in [3.63, 3.8) is 0 Å². The molecule has 0 aromatic heterocycles. The molecule has 1 aliphatic rings. The van der Waals surface area contributed by atoms with Gasteiger partial charge in [0.05, 0.1) is 6.54 Å². The lowest BCUT2D eigenvalue weighted by atomic mass is 9.87. The number of rotatable bonds is 8. The van der Waals surface area contributed by atoms with Crippen LogP contribution in [0.25, 0.3) is 16.3 Å². The molecule has 182 valence electrons. The fraction of sp³-hybridized carbons (Fsp3) is 0.125. The summed E-state index contributed by atoms with van der Waals surface area (Å²) in [4.78, 5) is 10.0. The number of benzene rings is 4. The monoisotopic (exact) mass is 483 g/mol. The molecule has 4 aromatic carbocycles. The summed E-state index contributed by atoms with van der Waals surface area (Å²) in [6.07, 6.45) is 3.50. The second kappa shape index (κ2) is 11.0. The first-order valence-corrected chi connectivity index (χ1v) is 12.4. The summed E-state index contributed by atoms with van der Waals surface area (Å²) in [5.74, 6) is 1.55. The van der Waals surface area contributed by atoms with E-state index in [2.05, 4.69) is 72.5 Å². The second-order valence-electron chi connectivity index (χ2n) is 9.04. The Hall–Kier alpha value is -4.64. The fourth-order valence-corrected chi connectivity index (χ4v) is 4.79. The van der Waals surface area contributed by atoms with E-state index in [0.717, 1.165) is 44.4 Å². The molecule has 0 spiro atoms. The molecule has 2 N–H and O–H groups in total. The molecule has 5 rings (SSSR count). The summed E-state index contributed by atoms with van der Waals surface area (Å²) in [7, 11) is 0. The Bertz CT molecular complexity index is 1510. The Kier molecular flexibility index (Phi) is 7.13. The summed E-state index contributed by atoms with van der Waals surface area (Å²) >= 11 is 0. The number of nitrogens with one attached hydrogen (secondary N) is 2.